The molecule has 0 aliphatic carbocycles. The SMILES string of the molecule is CCNC(c1ccc2c(c1)CC(=O)N2)c1cc(Br)sc1Br. The van der Waals surface area contributed by atoms with Crippen molar-refractivity contribution in [1.29, 1.82) is 0 Å². The molecular formula is C15H14Br2N2OS. The van der Waals surface area contributed by atoms with Crippen LogP contribution in [-0.2, 0) is 11.2 Å². The first-order valence-electron chi connectivity index (χ1n) is 6.69. The summed E-state index contributed by atoms with van der Waals surface area (Å²) in [7, 11) is 0. The second-order valence-corrected chi connectivity index (χ2v) is 8.66. The molecule has 2 N–H and O–H groups in total. The van der Waals surface area contributed by atoms with Crippen LogP contribution in [0.25, 0.3) is 0 Å². The van der Waals surface area contributed by atoms with Gasteiger partial charge in [-0.3, -0.25) is 4.79 Å². The van der Waals surface area contributed by atoms with Gasteiger partial charge in [0.15, 0.2) is 0 Å². The van der Waals surface area contributed by atoms with E-state index in [2.05, 4.69) is 67.6 Å². The lowest BCUT2D eigenvalue weighted by Crippen LogP contribution is -2.21. The summed E-state index contributed by atoms with van der Waals surface area (Å²) < 4.78 is 2.22. The first-order chi connectivity index (χ1) is 10.1. The maximum Gasteiger partial charge on any atom is 0.228 e. The van der Waals surface area contributed by atoms with Crippen molar-refractivity contribution in [1.82, 2.24) is 5.32 Å². The Labute approximate surface area is 144 Å². The lowest BCUT2D eigenvalue weighted by atomic mass is 9.98. The topological polar surface area (TPSA) is 41.1 Å². The van der Waals surface area contributed by atoms with Gasteiger partial charge < -0.3 is 10.6 Å². The zero-order chi connectivity index (χ0) is 15.0. The molecule has 0 bridgehead atoms. The Morgan fingerprint density at radius 3 is 2.86 bits per heavy atom. The van der Waals surface area contributed by atoms with Crippen LogP contribution in [0.15, 0.2) is 31.8 Å². The number of hydrogen-bond acceptors (Lipinski definition) is 3. The minimum atomic E-state index is 0.0709. The Morgan fingerprint density at radius 2 is 2.19 bits per heavy atom. The van der Waals surface area contributed by atoms with Crippen molar-refractivity contribution in [2.45, 2.75) is 19.4 Å². The molecule has 2 heterocycles. The Morgan fingerprint density at radius 1 is 1.38 bits per heavy atom. The first-order valence-corrected chi connectivity index (χ1v) is 9.09. The summed E-state index contributed by atoms with van der Waals surface area (Å²) in [4.78, 5) is 11.5. The number of thiophene rings is 1. The highest BCUT2D eigenvalue weighted by Gasteiger charge is 2.22. The average molecular weight is 430 g/mol. The summed E-state index contributed by atoms with van der Waals surface area (Å²) in [6.07, 6.45) is 0.469. The molecule has 0 saturated heterocycles. The van der Waals surface area contributed by atoms with Crippen molar-refractivity contribution >= 4 is 54.8 Å². The van der Waals surface area contributed by atoms with Crippen molar-refractivity contribution in [3.8, 4) is 0 Å². The Balaban J connectivity index is 2.00. The van der Waals surface area contributed by atoms with Gasteiger partial charge in [0.1, 0.15) is 0 Å². The van der Waals surface area contributed by atoms with E-state index >= 15 is 0 Å². The predicted molar refractivity (Wildman–Crippen MR) is 94.0 cm³/mol. The van der Waals surface area contributed by atoms with Crippen molar-refractivity contribution in [3.63, 3.8) is 0 Å². The number of carbonyl (C=O) groups is 1. The van der Waals surface area contributed by atoms with Crippen molar-refractivity contribution in [2.24, 2.45) is 0 Å². The van der Waals surface area contributed by atoms with Crippen LogP contribution in [0.3, 0.4) is 0 Å². The van der Waals surface area contributed by atoms with E-state index in [0.717, 1.165) is 25.4 Å². The number of halogens is 2. The second kappa shape index (κ2) is 6.20. The number of benzene rings is 1. The van der Waals surface area contributed by atoms with Gasteiger partial charge in [0.05, 0.1) is 20.0 Å². The molecule has 0 fully saturated rings. The number of anilines is 1. The zero-order valence-corrected chi connectivity index (χ0v) is 15.4. The molecule has 1 aliphatic rings. The third kappa shape index (κ3) is 3.08. The molecule has 21 heavy (non-hydrogen) atoms. The van der Waals surface area contributed by atoms with Crippen LogP contribution in [-0.4, -0.2) is 12.5 Å². The summed E-state index contributed by atoms with van der Waals surface area (Å²) in [6, 6.07) is 8.45. The van der Waals surface area contributed by atoms with Gasteiger partial charge in [-0.2, -0.15) is 0 Å². The van der Waals surface area contributed by atoms with Crippen LogP contribution in [0.5, 0.6) is 0 Å². The van der Waals surface area contributed by atoms with Gasteiger partial charge in [-0.05, 0) is 67.2 Å². The quantitative estimate of drug-likeness (QED) is 0.752. The van der Waals surface area contributed by atoms with E-state index in [1.54, 1.807) is 11.3 Å². The number of nitrogens with one attached hydrogen (secondary N) is 2. The van der Waals surface area contributed by atoms with Crippen LogP contribution in [0, 0.1) is 0 Å². The lowest BCUT2D eigenvalue weighted by molar-refractivity contribution is -0.115. The van der Waals surface area contributed by atoms with Gasteiger partial charge in [-0.1, -0.05) is 19.1 Å². The van der Waals surface area contributed by atoms with E-state index in [4.69, 9.17) is 0 Å². The van der Waals surface area contributed by atoms with Crippen molar-refractivity contribution < 1.29 is 4.79 Å². The van der Waals surface area contributed by atoms with E-state index in [1.807, 2.05) is 6.07 Å². The lowest BCUT2D eigenvalue weighted by Gasteiger charge is -2.19. The van der Waals surface area contributed by atoms with Gasteiger partial charge in [-0.25, -0.2) is 0 Å². The minimum Gasteiger partial charge on any atom is -0.326 e. The van der Waals surface area contributed by atoms with Crippen LogP contribution in [0.1, 0.15) is 29.7 Å². The van der Waals surface area contributed by atoms with Crippen LogP contribution in [0.2, 0.25) is 0 Å². The molecule has 1 aromatic carbocycles. The standard InChI is InChI=1S/C15H14Br2N2OS/c1-2-18-14(10-7-12(16)21-15(10)17)8-3-4-11-9(5-8)6-13(20)19-11/h3-5,7,14,18H,2,6H2,1H3,(H,19,20). The molecule has 1 atom stereocenters. The average Bonchev–Trinajstić information content (AvgIpc) is 2.96. The van der Waals surface area contributed by atoms with E-state index in [0.29, 0.717) is 6.42 Å². The smallest absolute Gasteiger partial charge is 0.228 e. The fourth-order valence-electron chi connectivity index (χ4n) is 2.59. The maximum absolute atomic E-state index is 11.5. The molecule has 1 amide bonds. The van der Waals surface area contributed by atoms with Gasteiger partial charge in [0.25, 0.3) is 0 Å². The summed E-state index contributed by atoms with van der Waals surface area (Å²) in [6.45, 7) is 2.97. The van der Waals surface area contributed by atoms with Crippen LogP contribution in [0.4, 0.5) is 5.69 Å². The van der Waals surface area contributed by atoms with Crippen LogP contribution < -0.4 is 10.6 Å². The molecular weight excluding hydrogens is 416 g/mol. The van der Waals surface area contributed by atoms with Crippen molar-refractivity contribution in [2.75, 3.05) is 11.9 Å². The number of carbonyl (C=O) groups excluding carboxylic acids is 1. The number of amides is 1. The summed E-state index contributed by atoms with van der Waals surface area (Å²) in [5.41, 5.74) is 4.40. The third-order valence-electron chi connectivity index (χ3n) is 3.49. The summed E-state index contributed by atoms with van der Waals surface area (Å²) in [5, 5.41) is 6.40. The molecule has 0 radical (unpaired) electrons. The molecule has 0 saturated carbocycles. The molecule has 1 aromatic heterocycles. The van der Waals surface area contributed by atoms with E-state index in [9.17, 15) is 4.79 Å². The highest BCUT2D eigenvalue weighted by molar-refractivity contribution is 9.12. The molecule has 6 heteroatoms. The highest BCUT2D eigenvalue weighted by atomic mass is 79.9. The van der Waals surface area contributed by atoms with Crippen molar-refractivity contribution in [3.05, 3.63) is 48.5 Å². The van der Waals surface area contributed by atoms with Gasteiger partial charge >= 0.3 is 0 Å². The normalized spacial score (nSPS) is 14.9. The number of hydrogen-bond donors (Lipinski definition) is 2. The number of fused-ring (bicyclic) bond motifs is 1. The van der Waals surface area contributed by atoms with Gasteiger partial charge in [0, 0.05) is 5.69 Å². The predicted octanol–water partition coefficient (Wildman–Crippen LogP) is 4.47. The maximum atomic E-state index is 11.5. The van der Waals surface area contributed by atoms with E-state index in [-0.39, 0.29) is 11.9 Å². The van der Waals surface area contributed by atoms with Gasteiger partial charge in [0.2, 0.25) is 5.91 Å². The van der Waals surface area contributed by atoms with Crippen LogP contribution >= 0.6 is 43.2 Å². The molecule has 1 aliphatic heterocycles. The third-order valence-corrected chi connectivity index (χ3v) is 5.88. The summed E-state index contributed by atoms with van der Waals surface area (Å²) >= 11 is 8.85. The highest BCUT2D eigenvalue weighted by Crippen LogP contribution is 2.38. The monoisotopic (exact) mass is 428 g/mol. The minimum absolute atomic E-state index is 0.0709. The number of rotatable bonds is 4. The molecule has 0 spiro atoms. The first kappa shape index (κ1) is 15.2. The largest absolute Gasteiger partial charge is 0.326 e. The molecule has 2 aromatic rings. The second-order valence-electron chi connectivity index (χ2n) is 4.91. The molecule has 3 rings (SSSR count). The van der Waals surface area contributed by atoms with E-state index in [1.165, 1.54) is 11.1 Å². The zero-order valence-electron chi connectivity index (χ0n) is 11.4. The summed E-state index contributed by atoms with van der Waals surface area (Å²) in [5.74, 6) is 0.0709. The molecule has 1 unspecified atom stereocenters. The van der Waals surface area contributed by atoms with E-state index < -0.39 is 0 Å². The fraction of sp³-hybridized carbons (Fsp3) is 0.267. The molecule has 110 valence electrons. The Hall–Kier alpha value is -0.690. The Kier molecular flexibility index (Phi) is 4.49. The Bertz CT molecular complexity index is 699. The fourth-order valence-corrected chi connectivity index (χ4v) is 5.49. The van der Waals surface area contributed by atoms with Gasteiger partial charge in [-0.15, -0.1) is 11.3 Å². The molecule has 3 nitrogen and oxygen atoms in total.